The second-order valence-electron chi connectivity index (χ2n) is 4.02. The van der Waals surface area contributed by atoms with Crippen LogP contribution in [0.2, 0.25) is 0 Å². The van der Waals surface area contributed by atoms with Crippen molar-refractivity contribution in [2.75, 3.05) is 59.0 Å². The van der Waals surface area contributed by atoms with Crippen LogP contribution in [0.4, 0.5) is 0 Å². The highest BCUT2D eigenvalue weighted by Gasteiger charge is 2.30. The van der Waals surface area contributed by atoms with E-state index in [0.717, 1.165) is 39.3 Å². The summed E-state index contributed by atoms with van der Waals surface area (Å²) in [6, 6.07) is 0. The van der Waals surface area contributed by atoms with Crippen LogP contribution in [-0.2, 0) is 9.53 Å². The zero-order valence-corrected chi connectivity index (χ0v) is 9.07. The average Bonchev–Trinajstić information content (AvgIpc) is 2.31. The quantitative estimate of drug-likeness (QED) is 0.572. The van der Waals surface area contributed by atoms with Gasteiger partial charge in [-0.25, -0.2) is 4.79 Å². The molecule has 2 aliphatic heterocycles. The highest BCUT2D eigenvalue weighted by Crippen LogP contribution is 1.97. The van der Waals surface area contributed by atoms with E-state index in [1.54, 1.807) is 0 Å². The minimum atomic E-state index is 0.250. The summed E-state index contributed by atoms with van der Waals surface area (Å²) in [6.45, 7) is 7.41. The number of carbonyl (C=O) groups excluding carboxylic acids is 1. The molecule has 0 aliphatic carbocycles. The third-order valence-electron chi connectivity index (χ3n) is 2.93. The van der Waals surface area contributed by atoms with Crippen LogP contribution in [0, 0.1) is 0 Å². The van der Waals surface area contributed by atoms with Gasteiger partial charge in [0.1, 0.15) is 19.8 Å². The van der Waals surface area contributed by atoms with Crippen LogP contribution < -0.4 is 10.2 Å². The van der Waals surface area contributed by atoms with E-state index in [4.69, 9.17) is 4.74 Å². The number of piperazine rings is 1. The van der Waals surface area contributed by atoms with Gasteiger partial charge in [-0.05, 0) is 0 Å². The van der Waals surface area contributed by atoms with Crippen molar-refractivity contribution in [3.8, 4) is 0 Å². The van der Waals surface area contributed by atoms with Gasteiger partial charge >= 0.3 is 5.91 Å². The van der Waals surface area contributed by atoms with Gasteiger partial charge in [-0.2, -0.15) is 0 Å². The molecule has 0 aromatic rings. The van der Waals surface area contributed by atoms with Crippen molar-refractivity contribution >= 4 is 5.91 Å². The number of hydrogen-bond donors (Lipinski definition) is 1. The van der Waals surface area contributed by atoms with Crippen LogP contribution in [-0.4, -0.2) is 69.8 Å². The Balaban J connectivity index is 1.74. The van der Waals surface area contributed by atoms with Gasteiger partial charge in [0.2, 0.25) is 0 Å². The topological polar surface area (TPSA) is 47.5 Å². The number of morpholine rings is 1. The molecule has 0 atom stereocenters. The molecule has 0 bridgehead atoms. The standard InChI is InChI=1S/C10H19N3O2/c14-10(13-5-7-15-8-6-13)9-12-3-1-11-2-4-12/h11H,1-9H2/q+1. The molecular weight excluding hydrogens is 194 g/mol. The lowest BCUT2D eigenvalue weighted by molar-refractivity contribution is -0.129. The molecule has 15 heavy (non-hydrogen) atoms. The molecule has 0 saturated carbocycles. The second kappa shape index (κ2) is 5.55. The zero-order valence-electron chi connectivity index (χ0n) is 9.07. The van der Waals surface area contributed by atoms with Gasteiger partial charge in [0.25, 0.3) is 0 Å². The van der Waals surface area contributed by atoms with Crippen LogP contribution in [0.25, 0.3) is 0 Å². The lowest BCUT2D eigenvalue weighted by atomic mass is 10.3. The van der Waals surface area contributed by atoms with E-state index in [2.05, 4.69) is 10.2 Å². The van der Waals surface area contributed by atoms with Gasteiger partial charge in [0.05, 0.1) is 0 Å². The van der Waals surface area contributed by atoms with Crippen LogP contribution in [0.3, 0.4) is 0 Å². The Labute approximate surface area is 90.4 Å². The molecule has 0 unspecified atom stereocenters. The molecule has 2 saturated heterocycles. The summed E-state index contributed by atoms with van der Waals surface area (Å²) < 4.78 is 5.22. The van der Waals surface area contributed by atoms with E-state index in [-0.39, 0.29) is 5.91 Å². The monoisotopic (exact) mass is 213 g/mol. The molecule has 1 N–H and O–H groups in total. The highest BCUT2D eigenvalue weighted by atomic mass is 16.5. The lowest BCUT2D eigenvalue weighted by Crippen LogP contribution is -2.52. The Bertz CT molecular complexity index is 211. The van der Waals surface area contributed by atoms with Gasteiger partial charge in [-0.3, -0.25) is 4.90 Å². The largest absolute Gasteiger partial charge is 0.375 e. The van der Waals surface area contributed by atoms with Crippen molar-refractivity contribution in [3.05, 3.63) is 0 Å². The molecule has 0 spiro atoms. The van der Waals surface area contributed by atoms with Crippen LogP contribution in [0.5, 0.6) is 0 Å². The summed E-state index contributed by atoms with van der Waals surface area (Å²) in [5, 5.41) is 3.28. The maximum Gasteiger partial charge on any atom is 0.375 e. The molecule has 0 aromatic carbocycles. The molecule has 85 valence electrons. The van der Waals surface area contributed by atoms with E-state index in [0.29, 0.717) is 19.8 Å². The Kier molecular flexibility index (Phi) is 4.08. The number of nitrogens with zero attached hydrogens (tertiary/aromatic N) is 2. The number of nitrogens with one attached hydrogen (secondary N) is 1. The number of carbonyl (C=O) groups is 1. The van der Waals surface area contributed by atoms with Crippen molar-refractivity contribution in [3.63, 3.8) is 0 Å². The first-order chi connectivity index (χ1) is 7.36. The number of amides is 1. The fourth-order valence-corrected chi connectivity index (χ4v) is 1.97. The van der Waals surface area contributed by atoms with E-state index >= 15 is 0 Å². The first kappa shape index (κ1) is 11.0. The van der Waals surface area contributed by atoms with Crippen LogP contribution >= 0.6 is 0 Å². The van der Waals surface area contributed by atoms with Crippen LogP contribution in [0.15, 0.2) is 0 Å². The van der Waals surface area contributed by atoms with Crippen molar-refractivity contribution in [1.29, 1.82) is 0 Å². The first-order valence-corrected chi connectivity index (χ1v) is 5.65. The summed E-state index contributed by atoms with van der Waals surface area (Å²) in [4.78, 5) is 16.0. The number of hydrogen-bond acceptors (Lipinski definition) is 4. The number of ether oxygens (including phenoxy) is 1. The van der Waals surface area contributed by atoms with Crippen LogP contribution in [0.1, 0.15) is 0 Å². The van der Waals surface area contributed by atoms with Crippen molar-refractivity contribution < 1.29 is 9.53 Å². The highest BCUT2D eigenvalue weighted by molar-refractivity contribution is 5.80. The van der Waals surface area contributed by atoms with Crippen molar-refractivity contribution in [1.82, 2.24) is 15.1 Å². The maximum absolute atomic E-state index is 11.9. The zero-order chi connectivity index (χ0) is 10.5. The molecule has 1 amide bonds. The van der Waals surface area contributed by atoms with E-state index in [9.17, 15) is 4.79 Å². The van der Waals surface area contributed by atoms with E-state index in [1.807, 2.05) is 4.90 Å². The minimum absolute atomic E-state index is 0.250. The van der Waals surface area contributed by atoms with Gasteiger partial charge in [-0.1, -0.05) is 4.90 Å². The summed E-state index contributed by atoms with van der Waals surface area (Å²) in [5.41, 5.74) is 0. The molecule has 5 nitrogen and oxygen atoms in total. The van der Waals surface area contributed by atoms with E-state index < -0.39 is 0 Å². The fraction of sp³-hybridized carbons (Fsp3) is 0.900. The van der Waals surface area contributed by atoms with E-state index in [1.165, 1.54) is 0 Å². The minimum Gasteiger partial charge on any atom is -0.369 e. The molecule has 2 rings (SSSR count). The normalized spacial score (nSPS) is 25.3. The molecular formula is C10H19N3O2+. The molecule has 1 radical (unpaired) electrons. The Morgan fingerprint density at radius 2 is 1.93 bits per heavy atom. The lowest BCUT2D eigenvalue weighted by Gasteiger charge is -2.26. The maximum atomic E-state index is 11.9. The molecule has 2 aliphatic rings. The molecule has 2 fully saturated rings. The Morgan fingerprint density at radius 1 is 1.27 bits per heavy atom. The number of rotatable bonds is 2. The predicted molar refractivity (Wildman–Crippen MR) is 57.0 cm³/mol. The molecule has 5 heteroatoms. The second-order valence-corrected chi connectivity index (χ2v) is 4.02. The third kappa shape index (κ3) is 3.24. The summed E-state index contributed by atoms with van der Waals surface area (Å²) in [6.07, 6.45) is 0. The summed E-state index contributed by atoms with van der Waals surface area (Å²) >= 11 is 0. The predicted octanol–water partition coefficient (Wildman–Crippen LogP) is -1.41. The molecule has 0 aromatic heterocycles. The third-order valence-corrected chi connectivity index (χ3v) is 2.93. The average molecular weight is 213 g/mol. The Hall–Kier alpha value is -0.490. The fourth-order valence-electron chi connectivity index (χ4n) is 1.97. The van der Waals surface area contributed by atoms with Gasteiger partial charge in [0.15, 0.2) is 13.1 Å². The van der Waals surface area contributed by atoms with Gasteiger partial charge in [0, 0.05) is 26.2 Å². The summed E-state index contributed by atoms with van der Waals surface area (Å²) in [5.74, 6) is 0.250. The summed E-state index contributed by atoms with van der Waals surface area (Å²) in [7, 11) is 0. The van der Waals surface area contributed by atoms with Gasteiger partial charge < -0.3 is 10.1 Å². The Morgan fingerprint density at radius 3 is 2.60 bits per heavy atom. The SMILES string of the molecule is O=C(CN1CCNCC1)[N+]1CCOCC1. The van der Waals surface area contributed by atoms with Crippen molar-refractivity contribution in [2.45, 2.75) is 0 Å². The van der Waals surface area contributed by atoms with Crippen molar-refractivity contribution in [2.24, 2.45) is 0 Å². The first-order valence-electron chi connectivity index (χ1n) is 5.65. The van der Waals surface area contributed by atoms with Gasteiger partial charge in [-0.15, -0.1) is 0 Å². The smallest absolute Gasteiger partial charge is 0.369 e. The molecule has 2 heterocycles.